The number of halogens is 2. The van der Waals surface area contributed by atoms with E-state index in [4.69, 9.17) is 23.2 Å². The Morgan fingerprint density at radius 1 is 1.10 bits per heavy atom. The topological polar surface area (TPSA) is 32.3 Å². The lowest BCUT2D eigenvalue weighted by Crippen LogP contribution is -2.40. The highest BCUT2D eigenvalue weighted by molar-refractivity contribution is 7.98. The van der Waals surface area contributed by atoms with Crippen molar-refractivity contribution in [3.05, 3.63) is 69.2 Å². The van der Waals surface area contributed by atoms with Crippen molar-refractivity contribution in [2.45, 2.75) is 32.1 Å². The van der Waals surface area contributed by atoms with E-state index >= 15 is 0 Å². The molecule has 6 heteroatoms. The molecule has 0 bridgehead atoms. The van der Waals surface area contributed by atoms with Gasteiger partial charge in [0.05, 0.1) is 0 Å². The molecule has 1 N–H and O–H groups in total. The van der Waals surface area contributed by atoms with Gasteiger partial charge in [0.15, 0.2) is 0 Å². The molecule has 0 unspecified atom stereocenters. The maximum Gasteiger partial charge on any atom is 0.223 e. The Hall–Kier alpha value is -1.20. The van der Waals surface area contributed by atoms with Crippen LogP contribution in [0.5, 0.6) is 0 Å². The minimum absolute atomic E-state index is 0.131. The Morgan fingerprint density at radius 2 is 1.79 bits per heavy atom. The smallest absolute Gasteiger partial charge is 0.223 e. The molecule has 0 saturated carbocycles. The summed E-state index contributed by atoms with van der Waals surface area (Å²) in [6.45, 7) is 5.77. The number of piperidine rings is 1. The Balaban J connectivity index is 1.33. The lowest BCUT2D eigenvalue weighted by Gasteiger charge is -2.31. The van der Waals surface area contributed by atoms with Crippen LogP contribution in [0.2, 0.25) is 10.0 Å². The van der Waals surface area contributed by atoms with E-state index in [0.717, 1.165) is 49.5 Å². The fourth-order valence-corrected chi connectivity index (χ4v) is 5.21. The summed E-state index contributed by atoms with van der Waals surface area (Å²) in [6, 6.07) is 14.1. The van der Waals surface area contributed by atoms with Crippen LogP contribution in [0.25, 0.3) is 0 Å². The van der Waals surface area contributed by atoms with Crippen molar-refractivity contribution in [2.75, 3.05) is 25.4 Å². The summed E-state index contributed by atoms with van der Waals surface area (Å²) in [5.74, 6) is 1.92. The largest absolute Gasteiger partial charge is 0.355 e. The Bertz CT molecular complexity index is 802. The van der Waals surface area contributed by atoms with Crippen LogP contribution in [0.4, 0.5) is 0 Å². The average Bonchev–Trinajstić information content (AvgIpc) is 2.72. The first-order valence-corrected chi connectivity index (χ1v) is 12.0. The van der Waals surface area contributed by atoms with Gasteiger partial charge in [-0.15, -0.1) is 0 Å². The van der Waals surface area contributed by atoms with Crippen molar-refractivity contribution >= 4 is 40.9 Å². The summed E-state index contributed by atoms with van der Waals surface area (Å²) in [7, 11) is 0. The lowest BCUT2D eigenvalue weighted by molar-refractivity contribution is -0.126. The van der Waals surface area contributed by atoms with Crippen LogP contribution in [0.3, 0.4) is 0 Å². The molecule has 3 rings (SSSR count). The minimum atomic E-state index is 0.131. The zero-order valence-electron chi connectivity index (χ0n) is 16.8. The quantitative estimate of drug-likeness (QED) is 0.533. The molecule has 3 nitrogen and oxygen atoms in total. The summed E-state index contributed by atoms with van der Waals surface area (Å²) in [6.07, 6.45) is 1.86. The van der Waals surface area contributed by atoms with Crippen LogP contribution < -0.4 is 5.32 Å². The monoisotopic (exact) mass is 450 g/mol. The van der Waals surface area contributed by atoms with E-state index < -0.39 is 0 Å². The van der Waals surface area contributed by atoms with Crippen molar-refractivity contribution in [3.63, 3.8) is 0 Å². The Morgan fingerprint density at radius 3 is 2.48 bits per heavy atom. The summed E-state index contributed by atoms with van der Waals surface area (Å²) < 4.78 is 0. The normalized spacial score (nSPS) is 15.4. The van der Waals surface area contributed by atoms with Gasteiger partial charge in [-0.25, -0.2) is 0 Å². The van der Waals surface area contributed by atoms with Crippen molar-refractivity contribution < 1.29 is 4.79 Å². The molecule has 2 aromatic carbocycles. The summed E-state index contributed by atoms with van der Waals surface area (Å²) >= 11 is 14.1. The van der Waals surface area contributed by atoms with Gasteiger partial charge in [-0.2, -0.15) is 11.8 Å². The van der Waals surface area contributed by atoms with Crippen molar-refractivity contribution in [3.8, 4) is 0 Å². The van der Waals surface area contributed by atoms with Gasteiger partial charge in [0, 0.05) is 40.6 Å². The fraction of sp³-hybridized carbons (Fsp3) is 0.435. The zero-order valence-corrected chi connectivity index (χ0v) is 19.1. The number of nitrogens with zero attached hydrogens (tertiary/aromatic N) is 1. The number of aryl methyl sites for hydroxylation is 1. The van der Waals surface area contributed by atoms with E-state index in [1.54, 1.807) is 11.8 Å². The number of carbonyl (C=O) groups is 1. The van der Waals surface area contributed by atoms with Gasteiger partial charge in [0.1, 0.15) is 0 Å². The predicted octanol–water partition coefficient (Wildman–Crippen LogP) is 5.56. The number of amides is 1. The minimum Gasteiger partial charge on any atom is -0.355 e. The van der Waals surface area contributed by atoms with E-state index in [0.29, 0.717) is 16.6 Å². The van der Waals surface area contributed by atoms with Crippen molar-refractivity contribution in [1.82, 2.24) is 10.2 Å². The van der Waals surface area contributed by atoms with E-state index in [2.05, 4.69) is 41.4 Å². The number of hydrogen-bond acceptors (Lipinski definition) is 3. The summed E-state index contributed by atoms with van der Waals surface area (Å²) in [5, 5.41) is 4.50. The van der Waals surface area contributed by atoms with Crippen LogP contribution in [-0.2, 0) is 17.1 Å². The van der Waals surface area contributed by atoms with Crippen molar-refractivity contribution in [1.29, 1.82) is 0 Å². The molecule has 1 saturated heterocycles. The third-order valence-corrected chi connectivity index (χ3v) is 7.16. The number of rotatable bonds is 8. The SMILES string of the molecule is Cc1ccccc1CN1CCC(C(=O)NCCSCc2c(Cl)cccc2Cl)CC1. The van der Waals surface area contributed by atoms with Crippen LogP contribution in [0.1, 0.15) is 29.5 Å². The second kappa shape index (κ2) is 11.3. The third-order valence-electron chi connectivity index (χ3n) is 5.47. The summed E-state index contributed by atoms with van der Waals surface area (Å²) in [5.41, 5.74) is 3.68. The Labute approximate surface area is 188 Å². The van der Waals surface area contributed by atoms with E-state index in [1.807, 2.05) is 18.2 Å². The molecular formula is C23H28Cl2N2OS. The standard InChI is InChI=1S/C23H28Cl2N2OS/c1-17-5-2-3-6-19(17)15-27-12-9-18(10-13-27)23(28)26-11-14-29-16-20-21(24)7-4-8-22(20)25/h2-8,18H,9-16H2,1H3,(H,26,28). The lowest BCUT2D eigenvalue weighted by atomic mass is 9.95. The molecule has 1 heterocycles. The first kappa shape index (κ1) is 22.5. The first-order valence-electron chi connectivity index (χ1n) is 10.1. The van der Waals surface area contributed by atoms with Crippen LogP contribution in [0.15, 0.2) is 42.5 Å². The molecule has 0 aliphatic carbocycles. The Kier molecular flexibility index (Phi) is 8.73. The maximum absolute atomic E-state index is 12.5. The molecule has 0 radical (unpaired) electrons. The second-order valence-electron chi connectivity index (χ2n) is 7.52. The molecule has 2 aromatic rings. The molecule has 1 aliphatic heterocycles. The van der Waals surface area contributed by atoms with Gasteiger partial charge < -0.3 is 5.32 Å². The average molecular weight is 451 g/mol. The number of hydrogen-bond donors (Lipinski definition) is 1. The number of nitrogens with one attached hydrogen (secondary N) is 1. The van der Waals surface area contributed by atoms with E-state index in [1.165, 1.54) is 11.1 Å². The van der Waals surface area contributed by atoms with Gasteiger partial charge in [-0.1, -0.05) is 53.5 Å². The zero-order chi connectivity index (χ0) is 20.6. The summed E-state index contributed by atoms with van der Waals surface area (Å²) in [4.78, 5) is 14.9. The molecule has 0 spiro atoms. The molecule has 1 aliphatic rings. The highest BCUT2D eigenvalue weighted by Gasteiger charge is 2.24. The van der Waals surface area contributed by atoms with Gasteiger partial charge in [-0.05, 0) is 61.7 Å². The van der Waals surface area contributed by atoms with Crippen LogP contribution in [-0.4, -0.2) is 36.2 Å². The number of carbonyl (C=O) groups excluding carboxylic acids is 1. The van der Waals surface area contributed by atoms with Crippen molar-refractivity contribution in [2.24, 2.45) is 5.92 Å². The molecule has 0 aromatic heterocycles. The molecule has 1 amide bonds. The molecule has 29 heavy (non-hydrogen) atoms. The second-order valence-corrected chi connectivity index (χ2v) is 9.44. The van der Waals surface area contributed by atoms with E-state index in [-0.39, 0.29) is 11.8 Å². The maximum atomic E-state index is 12.5. The molecular weight excluding hydrogens is 423 g/mol. The van der Waals surface area contributed by atoms with Crippen LogP contribution in [0, 0.1) is 12.8 Å². The molecule has 156 valence electrons. The van der Waals surface area contributed by atoms with E-state index in [9.17, 15) is 4.79 Å². The van der Waals surface area contributed by atoms with Gasteiger partial charge in [0.2, 0.25) is 5.91 Å². The molecule has 1 fully saturated rings. The van der Waals surface area contributed by atoms with Gasteiger partial charge >= 0.3 is 0 Å². The molecule has 0 atom stereocenters. The number of benzene rings is 2. The van der Waals surface area contributed by atoms with Crippen LogP contribution >= 0.6 is 35.0 Å². The highest BCUT2D eigenvalue weighted by Crippen LogP contribution is 2.28. The first-order chi connectivity index (χ1) is 14.0. The van der Waals surface area contributed by atoms with Gasteiger partial charge in [0.25, 0.3) is 0 Å². The highest BCUT2D eigenvalue weighted by atomic mass is 35.5. The predicted molar refractivity (Wildman–Crippen MR) is 125 cm³/mol. The fourth-order valence-electron chi connectivity index (χ4n) is 3.62. The third kappa shape index (κ3) is 6.65. The van der Waals surface area contributed by atoms with Gasteiger partial charge in [-0.3, -0.25) is 9.69 Å². The number of likely N-dealkylation sites (tertiary alicyclic amines) is 1. The number of thioether (sulfide) groups is 1.